The minimum absolute atomic E-state index is 0.0607. The molecule has 0 saturated carbocycles. The fourth-order valence-corrected chi connectivity index (χ4v) is 3.74. The number of carbonyl (C=O) groups excluding carboxylic acids is 3. The van der Waals surface area contributed by atoms with Gasteiger partial charge in [0.25, 0.3) is 5.91 Å². The summed E-state index contributed by atoms with van der Waals surface area (Å²) < 4.78 is 11.1. The van der Waals surface area contributed by atoms with E-state index in [0.29, 0.717) is 57.4 Å². The summed E-state index contributed by atoms with van der Waals surface area (Å²) in [4.78, 5) is 40.6. The van der Waals surface area contributed by atoms with Crippen LogP contribution in [0.1, 0.15) is 19.4 Å². The number of carbonyl (C=O) groups is 3. The third-order valence-electron chi connectivity index (χ3n) is 5.30. The maximum atomic E-state index is 12.9. The molecule has 2 fully saturated rings. The van der Waals surface area contributed by atoms with E-state index in [-0.39, 0.29) is 24.3 Å². The van der Waals surface area contributed by atoms with Gasteiger partial charge in [0, 0.05) is 44.5 Å². The SMILES string of the molecule is CC(=O)Nc1cc(NC(=O)CN2CCO[C@](C)(C(=O)N3CCOCC3)C2)ccc1C. The van der Waals surface area contributed by atoms with Gasteiger partial charge in [-0.25, -0.2) is 0 Å². The lowest BCUT2D eigenvalue weighted by Crippen LogP contribution is -2.61. The van der Waals surface area contributed by atoms with Crippen molar-refractivity contribution < 1.29 is 23.9 Å². The van der Waals surface area contributed by atoms with Gasteiger partial charge in [-0.05, 0) is 31.5 Å². The molecule has 3 amide bonds. The summed E-state index contributed by atoms with van der Waals surface area (Å²) in [6.45, 7) is 8.76. The van der Waals surface area contributed by atoms with E-state index in [2.05, 4.69) is 10.6 Å². The average Bonchev–Trinajstić information content (AvgIpc) is 2.70. The lowest BCUT2D eigenvalue weighted by Gasteiger charge is -2.42. The number of morpholine rings is 2. The Labute approximate surface area is 176 Å². The van der Waals surface area contributed by atoms with Gasteiger partial charge in [-0.15, -0.1) is 0 Å². The molecule has 1 atom stereocenters. The van der Waals surface area contributed by atoms with Crippen LogP contribution in [-0.2, 0) is 23.9 Å². The number of aryl methyl sites for hydroxylation is 1. The van der Waals surface area contributed by atoms with Gasteiger partial charge < -0.3 is 25.0 Å². The second-order valence-electron chi connectivity index (χ2n) is 7.95. The third-order valence-corrected chi connectivity index (χ3v) is 5.30. The third kappa shape index (κ3) is 5.56. The van der Waals surface area contributed by atoms with Crippen LogP contribution in [0.3, 0.4) is 0 Å². The molecule has 0 bridgehead atoms. The summed E-state index contributed by atoms with van der Waals surface area (Å²) in [5.41, 5.74) is 1.21. The highest BCUT2D eigenvalue weighted by atomic mass is 16.5. The fraction of sp³-hybridized carbons (Fsp3) is 0.571. The van der Waals surface area contributed by atoms with Crippen molar-refractivity contribution in [3.05, 3.63) is 23.8 Å². The van der Waals surface area contributed by atoms with Crippen molar-refractivity contribution in [2.24, 2.45) is 0 Å². The maximum absolute atomic E-state index is 12.9. The number of hydrogen-bond donors (Lipinski definition) is 2. The van der Waals surface area contributed by atoms with Crippen molar-refractivity contribution in [3.8, 4) is 0 Å². The predicted molar refractivity (Wildman–Crippen MR) is 112 cm³/mol. The zero-order valence-electron chi connectivity index (χ0n) is 17.8. The van der Waals surface area contributed by atoms with Crippen LogP contribution in [0.25, 0.3) is 0 Å². The van der Waals surface area contributed by atoms with Crippen molar-refractivity contribution in [1.82, 2.24) is 9.80 Å². The van der Waals surface area contributed by atoms with Crippen LogP contribution >= 0.6 is 0 Å². The van der Waals surface area contributed by atoms with Gasteiger partial charge in [0.15, 0.2) is 5.60 Å². The van der Waals surface area contributed by atoms with Crippen LogP contribution in [0.15, 0.2) is 18.2 Å². The fourth-order valence-electron chi connectivity index (χ4n) is 3.74. The van der Waals surface area contributed by atoms with Crippen molar-refractivity contribution in [2.75, 3.05) is 63.2 Å². The van der Waals surface area contributed by atoms with Gasteiger partial charge >= 0.3 is 0 Å². The Balaban J connectivity index is 1.58. The van der Waals surface area contributed by atoms with E-state index in [1.165, 1.54) is 6.92 Å². The van der Waals surface area contributed by atoms with Gasteiger partial charge in [-0.2, -0.15) is 0 Å². The van der Waals surface area contributed by atoms with Crippen LogP contribution in [0.2, 0.25) is 0 Å². The molecular weight excluding hydrogens is 388 g/mol. The molecule has 0 radical (unpaired) electrons. The number of hydrogen-bond acceptors (Lipinski definition) is 6. The van der Waals surface area contributed by atoms with E-state index in [1.807, 2.05) is 17.9 Å². The smallest absolute Gasteiger partial charge is 0.256 e. The molecule has 2 heterocycles. The number of rotatable bonds is 5. The highest BCUT2D eigenvalue weighted by molar-refractivity contribution is 5.95. The number of amides is 3. The molecule has 30 heavy (non-hydrogen) atoms. The monoisotopic (exact) mass is 418 g/mol. The Bertz CT molecular complexity index is 809. The molecule has 2 saturated heterocycles. The first-order valence-corrected chi connectivity index (χ1v) is 10.2. The average molecular weight is 418 g/mol. The Morgan fingerprint density at radius 3 is 2.53 bits per heavy atom. The summed E-state index contributed by atoms with van der Waals surface area (Å²) >= 11 is 0. The van der Waals surface area contributed by atoms with E-state index in [0.717, 1.165) is 5.56 Å². The normalized spacial score (nSPS) is 22.4. The van der Waals surface area contributed by atoms with E-state index in [1.54, 1.807) is 24.0 Å². The second-order valence-corrected chi connectivity index (χ2v) is 7.95. The Morgan fingerprint density at radius 2 is 1.83 bits per heavy atom. The topological polar surface area (TPSA) is 100 Å². The lowest BCUT2D eigenvalue weighted by molar-refractivity contribution is -0.171. The molecule has 0 unspecified atom stereocenters. The number of nitrogens with zero attached hydrogens (tertiary/aromatic N) is 2. The molecule has 1 aromatic rings. The highest BCUT2D eigenvalue weighted by Gasteiger charge is 2.42. The Hall–Kier alpha value is -2.49. The van der Waals surface area contributed by atoms with Gasteiger partial charge in [0.2, 0.25) is 11.8 Å². The molecule has 2 N–H and O–H groups in total. The molecule has 0 aliphatic carbocycles. The molecule has 3 rings (SSSR count). The second kappa shape index (κ2) is 9.55. The zero-order valence-corrected chi connectivity index (χ0v) is 17.8. The van der Waals surface area contributed by atoms with Gasteiger partial charge in [-0.1, -0.05) is 6.07 Å². The summed E-state index contributed by atoms with van der Waals surface area (Å²) in [6.07, 6.45) is 0. The number of ether oxygens (including phenoxy) is 2. The molecule has 0 aromatic heterocycles. The summed E-state index contributed by atoms with van der Waals surface area (Å²) in [7, 11) is 0. The maximum Gasteiger partial charge on any atom is 0.256 e. The van der Waals surface area contributed by atoms with Crippen molar-refractivity contribution in [3.63, 3.8) is 0 Å². The minimum Gasteiger partial charge on any atom is -0.378 e. The van der Waals surface area contributed by atoms with Crippen molar-refractivity contribution in [2.45, 2.75) is 26.4 Å². The summed E-state index contributed by atoms with van der Waals surface area (Å²) in [5, 5.41) is 5.62. The zero-order chi connectivity index (χ0) is 21.7. The Morgan fingerprint density at radius 1 is 1.10 bits per heavy atom. The largest absolute Gasteiger partial charge is 0.378 e. The van der Waals surface area contributed by atoms with Crippen molar-refractivity contribution in [1.29, 1.82) is 0 Å². The van der Waals surface area contributed by atoms with E-state index < -0.39 is 5.60 Å². The van der Waals surface area contributed by atoms with Gasteiger partial charge in [0.1, 0.15) is 0 Å². The quantitative estimate of drug-likeness (QED) is 0.735. The molecular formula is C21H30N4O5. The number of nitrogens with one attached hydrogen (secondary N) is 2. The first-order chi connectivity index (χ1) is 14.3. The van der Waals surface area contributed by atoms with Gasteiger partial charge in [-0.3, -0.25) is 19.3 Å². The first-order valence-electron chi connectivity index (χ1n) is 10.2. The van der Waals surface area contributed by atoms with E-state index in [4.69, 9.17) is 9.47 Å². The van der Waals surface area contributed by atoms with Gasteiger partial charge in [0.05, 0.1) is 26.4 Å². The summed E-state index contributed by atoms with van der Waals surface area (Å²) in [5.74, 6) is -0.413. The van der Waals surface area contributed by atoms with Crippen LogP contribution in [0.5, 0.6) is 0 Å². The first kappa shape index (κ1) is 22.2. The number of anilines is 2. The standard InChI is InChI=1S/C21H30N4O5/c1-15-4-5-17(12-18(15)22-16(2)26)23-19(27)13-24-6-11-30-21(3,14-24)20(28)25-7-9-29-10-8-25/h4-5,12H,6-11,13-14H2,1-3H3,(H,22,26)(H,23,27)/t21-/m0/s1. The van der Waals surface area contributed by atoms with Crippen LogP contribution < -0.4 is 10.6 Å². The predicted octanol–water partition coefficient (Wildman–Crippen LogP) is 0.842. The molecule has 9 nitrogen and oxygen atoms in total. The van der Waals surface area contributed by atoms with Crippen LogP contribution in [0.4, 0.5) is 11.4 Å². The lowest BCUT2D eigenvalue weighted by atomic mass is 10.0. The highest BCUT2D eigenvalue weighted by Crippen LogP contribution is 2.23. The molecule has 9 heteroatoms. The minimum atomic E-state index is -0.974. The van der Waals surface area contributed by atoms with E-state index in [9.17, 15) is 14.4 Å². The molecule has 1 aromatic carbocycles. The molecule has 164 valence electrons. The number of benzene rings is 1. The van der Waals surface area contributed by atoms with Crippen LogP contribution in [0, 0.1) is 6.92 Å². The van der Waals surface area contributed by atoms with Crippen molar-refractivity contribution >= 4 is 29.1 Å². The Kier molecular flexibility index (Phi) is 7.06. The molecule has 2 aliphatic rings. The van der Waals surface area contributed by atoms with E-state index >= 15 is 0 Å². The summed E-state index contributed by atoms with van der Waals surface area (Å²) in [6, 6.07) is 5.37. The van der Waals surface area contributed by atoms with Crippen LogP contribution in [-0.4, -0.2) is 85.7 Å². The molecule has 0 spiro atoms. The molecule has 2 aliphatic heterocycles.